The normalized spacial score (nSPS) is 20.4. The van der Waals surface area contributed by atoms with Gasteiger partial charge in [0.25, 0.3) is 31.9 Å². The van der Waals surface area contributed by atoms with E-state index in [9.17, 15) is 64.4 Å². The van der Waals surface area contributed by atoms with Crippen LogP contribution in [0.25, 0.3) is 0 Å². The number of carbonyl (C=O) groups excluding carboxylic acids is 9. The van der Waals surface area contributed by atoms with Crippen LogP contribution in [-0.4, -0.2) is 130 Å². The van der Waals surface area contributed by atoms with Gasteiger partial charge in [0.05, 0.1) is 38.7 Å². The number of benzene rings is 3. The Morgan fingerprint density at radius 3 is 1.62 bits per heavy atom. The molecule has 496 valence electrons. The first-order valence-electron chi connectivity index (χ1n) is 30.1. The minimum Gasteiger partial charge on any atom is -0.469 e. The van der Waals surface area contributed by atoms with Gasteiger partial charge in [0.1, 0.15) is 44.4 Å². The Balaban J connectivity index is 0.000000347. The fraction of sp³-hybridized carbons (Fsp3) is 0.508. The van der Waals surface area contributed by atoms with Crippen molar-refractivity contribution in [2.45, 2.75) is 182 Å². The van der Waals surface area contributed by atoms with E-state index >= 15 is 0 Å². The minimum absolute atomic E-state index is 0.00564. The zero-order valence-corrected chi connectivity index (χ0v) is 53.6. The molecule has 0 unspecified atom stereocenters. The lowest BCUT2D eigenvalue weighted by Gasteiger charge is -2.29. The molecule has 0 spiro atoms. The molecule has 2 aliphatic heterocycles. The first-order valence-corrected chi connectivity index (χ1v) is 33.1. The third-order valence-electron chi connectivity index (χ3n) is 15.8. The number of unbranched alkanes of at least 4 members (excludes halogenated alkanes) is 8. The zero-order valence-electron chi connectivity index (χ0n) is 52.0. The van der Waals surface area contributed by atoms with Crippen molar-refractivity contribution in [2.75, 3.05) is 31.4 Å². The van der Waals surface area contributed by atoms with E-state index in [1.54, 1.807) is 39.0 Å². The lowest BCUT2D eigenvalue weighted by molar-refractivity contribution is -0.141. The van der Waals surface area contributed by atoms with Crippen molar-refractivity contribution in [3.63, 3.8) is 0 Å². The van der Waals surface area contributed by atoms with Crippen LogP contribution in [0.1, 0.15) is 141 Å². The van der Waals surface area contributed by atoms with E-state index in [0.29, 0.717) is 49.7 Å². The fourth-order valence-electron chi connectivity index (χ4n) is 10.5. The van der Waals surface area contributed by atoms with Crippen molar-refractivity contribution in [3.05, 3.63) is 109 Å². The van der Waals surface area contributed by atoms with Gasteiger partial charge in [0.2, 0.25) is 17.7 Å². The predicted octanol–water partition coefficient (Wildman–Crippen LogP) is 7.30. The third-order valence-corrected chi connectivity index (χ3v) is 18.6. The summed E-state index contributed by atoms with van der Waals surface area (Å²) in [5.74, 6) is -5.33. The van der Waals surface area contributed by atoms with Crippen LogP contribution >= 0.6 is 0 Å². The second kappa shape index (κ2) is 31.7. The smallest absolute Gasteiger partial charge is 0.411 e. The number of para-hydroxylation sites is 2. The average Bonchev–Trinajstić information content (AvgIpc) is 1.60. The number of rotatable bonds is 29. The van der Waals surface area contributed by atoms with Crippen molar-refractivity contribution in [1.29, 1.82) is 0 Å². The molecular weight excluding hydrogens is 1220 g/mol. The lowest BCUT2D eigenvalue weighted by Crippen LogP contribution is -2.56. The van der Waals surface area contributed by atoms with Crippen molar-refractivity contribution in [2.24, 2.45) is 17.6 Å². The maximum absolute atomic E-state index is 14.4. The Labute approximate surface area is 530 Å². The molecule has 2 saturated carbocycles. The molecule has 2 aliphatic carbocycles. The van der Waals surface area contributed by atoms with Gasteiger partial charge in [0.15, 0.2) is 0 Å². The number of sulfonamides is 2. The number of methoxy groups -OCH3 is 2. The van der Waals surface area contributed by atoms with Crippen LogP contribution in [0.5, 0.6) is 0 Å². The summed E-state index contributed by atoms with van der Waals surface area (Å²) in [5, 5.41) is 7.88. The van der Waals surface area contributed by atoms with Gasteiger partial charge in [-0.3, -0.25) is 43.4 Å². The van der Waals surface area contributed by atoms with Gasteiger partial charge in [-0.1, -0.05) is 87.1 Å². The number of anilines is 2. The van der Waals surface area contributed by atoms with E-state index in [1.165, 1.54) is 79.8 Å². The molecule has 3 aromatic carbocycles. The van der Waals surface area contributed by atoms with Crippen LogP contribution in [0.3, 0.4) is 0 Å². The summed E-state index contributed by atoms with van der Waals surface area (Å²) in [4.78, 5) is 116. The van der Waals surface area contributed by atoms with Crippen molar-refractivity contribution in [1.82, 2.24) is 24.6 Å². The van der Waals surface area contributed by atoms with Crippen molar-refractivity contribution < 1.29 is 83.3 Å². The molecule has 7 N–H and O–H groups in total. The van der Waals surface area contributed by atoms with Crippen LogP contribution in [0.4, 0.5) is 25.4 Å². The molecule has 4 aliphatic rings. The van der Waals surface area contributed by atoms with E-state index in [4.69, 9.17) is 15.2 Å². The van der Waals surface area contributed by atoms with Gasteiger partial charge in [-0.05, 0) is 95.2 Å². The minimum atomic E-state index is -4.62. The van der Waals surface area contributed by atoms with E-state index < -0.39 is 96.4 Å². The monoisotopic (exact) mass is 1310 g/mol. The molecule has 91 heavy (non-hydrogen) atoms. The molecule has 7 rings (SSSR count). The van der Waals surface area contributed by atoms with E-state index in [0.717, 1.165) is 49.8 Å². The summed E-state index contributed by atoms with van der Waals surface area (Å²) in [6, 6.07) is 14.7. The Morgan fingerprint density at radius 1 is 0.648 bits per heavy atom. The number of amides is 7. The number of ether oxygens (including phenoxy) is 4. The second-order valence-electron chi connectivity index (χ2n) is 23.9. The molecule has 3 fully saturated rings. The van der Waals surface area contributed by atoms with Crippen LogP contribution in [0.15, 0.2) is 102 Å². The highest BCUT2D eigenvalue weighted by Crippen LogP contribution is 2.46. The largest absolute Gasteiger partial charge is 0.469 e. The van der Waals surface area contributed by atoms with Crippen LogP contribution < -0.4 is 31.1 Å². The number of hydrogen-bond acceptors (Lipinski definition) is 18. The number of halogens is 1. The van der Waals surface area contributed by atoms with Crippen molar-refractivity contribution in [3.8, 4) is 0 Å². The molecule has 28 heteroatoms. The first-order chi connectivity index (χ1) is 43.0. The Kier molecular flexibility index (Phi) is 25.0. The third kappa shape index (κ3) is 19.9. The number of esters is 2. The van der Waals surface area contributed by atoms with Gasteiger partial charge in [-0.15, -0.1) is 13.2 Å². The van der Waals surface area contributed by atoms with Crippen LogP contribution in [-0.2, 0) is 85.6 Å². The van der Waals surface area contributed by atoms with Gasteiger partial charge < -0.3 is 40.6 Å². The number of hydrogen-bond donors (Lipinski definition) is 6. The quantitative estimate of drug-likeness (QED) is 0.0172. The SMILES string of the molecule is C=C[C@@H]1C[C@]1(N)C(=O)NS(=O)(=O)c1ccccc1NC(=O)CCCCCCCC(=O)OC.C=C[C@@H]1C[C@]1(NC(=O)[C@@H]1C[C@@H](OC(=O)N2Cc3cccc(F)c3C2)CN1C(=O)OC(C)(C)C)C(=O)NS(=O)(=O)c1ccccc1NC(=O)CCCCCCCC(=O)OC. The number of carbonyl (C=O) groups is 9. The molecule has 0 bridgehead atoms. The van der Waals surface area contributed by atoms with Gasteiger partial charge in [-0.2, -0.15) is 0 Å². The summed E-state index contributed by atoms with van der Waals surface area (Å²) in [6.07, 6.45) is 8.98. The van der Waals surface area contributed by atoms with Gasteiger partial charge in [-0.25, -0.2) is 40.3 Å². The van der Waals surface area contributed by atoms with Crippen LogP contribution in [0.2, 0.25) is 0 Å². The summed E-state index contributed by atoms with van der Waals surface area (Å²) in [6.45, 7) is 12.1. The molecule has 6 atom stereocenters. The fourth-order valence-corrected chi connectivity index (χ4v) is 12.9. The molecule has 0 aromatic heterocycles. The summed E-state index contributed by atoms with van der Waals surface area (Å²) >= 11 is 0. The van der Waals surface area contributed by atoms with E-state index in [2.05, 4.69) is 43.3 Å². The number of nitrogens with one attached hydrogen (secondary N) is 5. The number of likely N-dealkylation sites (tertiary alicyclic amines) is 1. The van der Waals surface area contributed by atoms with E-state index in [1.807, 2.05) is 4.72 Å². The molecule has 25 nitrogen and oxygen atoms in total. The predicted molar refractivity (Wildman–Crippen MR) is 331 cm³/mol. The number of nitrogens with zero attached hydrogens (tertiary/aromatic N) is 2. The molecule has 3 aromatic rings. The number of nitrogens with two attached hydrogens (primary N) is 1. The highest BCUT2D eigenvalue weighted by atomic mass is 32.2. The van der Waals surface area contributed by atoms with Crippen LogP contribution in [0, 0.1) is 17.7 Å². The maximum Gasteiger partial charge on any atom is 0.411 e. The summed E-state index contributed by atoms with van der Waals surface area (Å²) in [5.41, 5.74) is 2.99. The number of fused-ring (bicyclic) bond motifs is 1. The maximum atomic E-state index is 14.4. The Hall–Kier alpha value is -8.24. The lowest BCUT2D eigenvalue weighted by atomic mass is 10.1. The highest BCUT2D eigenvalue weighted by Gasteiger charge is 2.62. The molecule has 2 heterocycles. The summed E-state index contributed by atoms with van der Waals surface area (Å²) < 4.78 is 91.8. The molecule has 0 radical (unpaired) electrons. The standard InChI is InChI=1S/C41H52FN5O11S.C22H31N3O6S/c1-6-27-22-41(27,37(51)45-59(54,55)33-18-13-12-17-31(33)43-34(48)19-10-8-7-9-11-20-35(49)56-5)44-36(50)32-21-28(24-47(32)39(53)58-40(2,3)4)57-38(52)46-23-26-15-14-16-30(42)29(26)25-46;1-3-16-15-22(16,23)21(28)25-32(29,30)18-12-10-9-11-17(18)24-19(26)13-7-5-4-6-8-14-20(27)31-2/h6,12-18,27-28,32H,1,7-11,19-25H2,2-5H3,(H,43,48)(H,44,50)(H,45,51);3,9-12,16H,1,4-8,13-15,23H2,2H3,(H,24,26)(H,25,28)/t27-,28-,32+,41-;16-,22-/m11/s1. The van der Waals surface area contributed by atoms with Gasteiger partial charge in [0, 0.05) is 56.0 Å². The Bertz CT molecular complexity index is 3450. The molecule has 1 saturated heterocycles. The highest BCUT2D eigenvalue weighted by molar-refractivity contribution is 7.90. The Morgan fingerprint density at radius 2 is 1.14 bits per heavy atom. The average molecular weight is 1310 g/mol. The topological polar surface area (TPSA) is 351 Å². The van der Waals surface area contributed by atoms with Crippen molar-refractivity contribution >= 4 is 85.1 Å². The van der Waals surface area contributed by atoms with E-state index in [-0.39, 0.29) is 90.2 Å². The molecular formula is C63H83FN8O17S2. The zero-order chi connectivity index (χ0) is 66.9. The molecule has 7 amide bonds. The second-order valence-corrected chi connectivity index (χ2v) is 27.2. The van der Waals surface area contributed by atoms with Gasteiger partial charge >= 0.3 is 24.1 Å². The first kappa shape index (κ1) is 71.8. The summed E-state index contributed by atoms with van der Waals surface area (Å²) in [7, 11) is -6.14.